The fraction of sp³-hybridized carbons (Fsp3) is 0.200. The number of anilines is 1. The van der Waals surface area contributed by atoms with E-state index in [0.717, 1.165) is 0 Å². The summed E-state index contributed by atoms with van der Waals surface area (Å²) in [5.74, 6) is 1.45. The summed E-state index contributed by atoms with van der Waals surface area (Å²) in [4.78, 5) is 16.3. The average molecular weight is 431 g/mol. The molecule has 156 valence electrons. The maximum atomic E-state index is 14.8. The summed E-state index contributed by atoms with van der Waals surface area (Å²) < 4.78 is 52.8. The number of nitrogens with one attached hydrogen (secondary N) is 2. The lowest BCUT2D eigenvalue weighted by Crippen LogP contribution is -2.27. The van der Waals surface area contributed by atoms with E-state index in [-0.39, 0.29) is 24.2 Å². The number of benzene rings is 1. The van der Waals surface area contributed by atoms with Crippen molar-refractivity contribution in [3.05, 3.63) is 63.4 Å². The van der Waals surface area contributed by atoms with Crippen LogP contribution in [0, 0.1) is 25.1 Å². The Morgan fingerprint density at radius 1 is 1.33 bits per heavy atom. The second-order valence-corrected chi connectivity index (χ2v) is 7.88. The number of ether oxygens (including phenoxy) is 1. The van der Waals surface area contributed by atoms with E-state index in [1.165, 1.54) is 19.3 Å². The van der Waals surface area contributed by atoms with Gasteiger partial charge in [0.25, 0.3) is 10.2 Å². The van der Waals surface area contributed by atoms with Crippen LogP contribution in [0.4, 0.5) is 10.2 Å². The van der Waals surface area contributed by atoms with Crippen molar-refractivity contribution < 1.29 is 22.0 Å². The smallest absolute Gasteiger partial charge is 0.340 e. The second-order valence-electron chi connectivity index (χ2n) is 6.26. The van der Waals surface area contributed by atoms with Gasteiger partial charge < -0.3 is 9.15 Å². The van der Waals surface area contributed by atoms with Gasteiger partial charge in [-0.05, 0) is 36.2 Å². The van der Waals surface area contributed by atoms with Gasteiger partial charge in [-0.3, -0.25) is 4.72 Å². The number of aryl methyl sites for hydroxylation is 1. The zero-order valence-corrected chi connectivity index (χ0v) is 17.0. The Kier molecular flexibility index (Phi) is 6.05. The molecule has 0 unspecified atom stereocenters. The zero-order chi connectivity index (χ0) is 21.9. The second kappa shape index (κ2) is 8.52. The van der Waals surface area contributed by atoms with E-state index >= 15 is 0 Å². The third-order valence-electron chi connectivity index (χ3n) is 4.42. The van der Waals surface area contributed by atoms with Crippen LogP contribution in [-0.4, -0.2) is 27.1 Å². The van der Waals surface area contributed by atoms with Gasteiger partial charge in [-0.1, -0.05) is 5.92 Å². The molecule has 0 spiro atoms. The van der Waals surface area contributed by atoms with Gasteiger partial charge in [-0.25, -0.2) is 18.9 Å². The summed E-state index contributed by atoms with van der Waals surface area (Å²) in [6.07, 6.45) is 6.31. The highest BCUT2D eigenvalue weighted by molar-refractivity contribution is 7.90. The number of fused-ring (bicyclic) bond motifs is 1. The van der Waals surface area contributed by atoms with Crippen LogP contribution in [0.15, 0.2) is 39.7 Å². The lowest BCUT2D eigenvalue weighted by Gasteiger charge is -2.12. The quantitative estimate of drug-likeness (QED) is 0.438. The molecule has 3 rings (SSSR count). The van der Waals surface area contributed by atoms with Gasteiger partial charge >= 0.3 is 5.63 Å². The normalized spacial score (nSPS) is 11.3. The first kappa shape index (κ1) is 21.3. The van der Waals surface area contributed by atoms with Crippen molar-refractivity contribution in [2.24, 2.45) is 0 Å². The summed E-state index contributed by atoms with van der Waals surface area (Å²) in [6.45, 7) is 1.80. The van der Waals surface area contributed by atoms with E-state index in [1.54, 1.807) is 25.1 Å². The van der Waals surface area contributed by atoms with Crippen molar-refractivity contribution in [2.45, 2.75) is 13.3 Å². The molecule has 0 aliphatic carbocycles. The van der Waals surface area contributed by atoms with E-state index in [2.05, 4.69) is 10.9 Å². The van der Waals surface area contributed by atoms with Crippen molar-refractivity contribution in [1.82, 2.24) is 9.71 Å². The Morgan fingerprint density at radius 2 is 2.10 bits per heavy atom. The first-order chi connectivity index (χ1) is 14.3. The molecule has 0 aliphatic heterocycles. The topological polar surface area (TPSA) is 111 Å². The summed E-state index contributed by atoms with van der Waals surface area (Å²) in [7, 11) is -2.77. The molecule has 0 atom stereocenters. The minimum absolute atomic E-state index is 0.0771. The first-order valence-corrected chi connectivity index (χ1v) is 10.2. The SMILES string of the molecule is C#CCOc1ccc2c(C)c(Cc3ccnc(NS(=O)(=O)NC)c3F)c(=O)oc2c1. The van der Waals surface area contributed by atoms with E-state index in [0.29, 0.717) is 22.3 Å². The highest BCUT2D eigenvalue weighted by atomic mass is 32.2. The number of terminal acetylenes is 1. The van der Waals surface area contributed by atoms with Gasteiger partial charge in [-0.15, -0.1) is 6.42 Å². The van der Waals surface area contributed by atoms with E-state index < -0.39 is 27.5 Å². The third-order valence-corrected chi connectivity index (χ3v) is 5.42. The van der Waals surface area contributed by atoms with Crippen LogP contribution >= 0.6 is 0 Å². The Hall–Kier alpha value is -3.42. The van der Waals surface area contributed by atoms with Gasteiger partial charge in [0.15, 0.2) is 11.6 Å². The average Bonchev–Trinajstić information content (AvgIpc) is 2.71. The van der Waals surface area contributed by atoms with Gasteiger partial charge in [0.1, 0.15) is 17.9 Å². The largest absolute Gasteiger partial charge is 0.481 e. The van der Waals surface area contributed by atoms with Crippen LogP contribution in [-0.2, 0) is 16.6 Å². The van der Waals surface area contributed by atoms with Crippen LogP contribution in [0.5, 0.6) is 5.75 Å². The Labute approximate surface area is 172 Å². The molecule has 0 aliphatic rings. The molecular weight excluding hydrogens is 413 g/mol. The van der Waals surface area contributed by atoms with Crippen molar-refractivity contribution in [1.29, 1.82) is 0 Å². The third kappa shape index (κ3) is 4.42. The summed E-state index contributed by atoms with van der Waals surface area (Å²) in [5.41, 5.74) is 0.615. The van der Waals surface area contributed by atoms with E-state index in [1.807, 2.05) is 9.44 Å². The molecule has 2 N–H and O–H groups in total. The molecule has 10 heteroatoms. The number of hydrogen-bond acceptors (Lipinski definition) is 6. The monoisotopic (exact) mass is 431 g/mol. The maximum Gasteiger partial charge on any atom is 0.340 e. The van der Waals surface area contributed by atoms with Crippen LogP contribution in [0.25, 0.3) is 11.0 Å². The molecule has 0 fully saturated rings. The number of aromatic nitrogens is 1. The predicted molar refractivity (Wildman–Crippen MR) is 110 cm³/mol. The molecular formula is C20H18FN3O5S. The van der Waals surface area contributed by atoms with Crippen LogP contribution in [0.2, 0.25) is 0 Å². The minimum atomic E-state index is -3.95. The van der Waals surface area contributed by atoms with E-state index in [9.17, 15) is 17.6 Å². The zero-order valence-electron chi connectivity index (χ0n) is 16.2. The highest BCUT2D eigenvalue weighted by Crippen LogP contribution is 2.26. The molecule has 30 heavy (non-hydrogen) atoms. The molecule has 8 nitrogen and oxygen atoms in total. The number of pyridine rings is 1. The molecule has 2 heterocycles. The van der Waals surface area contributed by atoms with Crippen molar-refractivity contribution in [3.8, 4) is 18.1 Å². The van der Waals surface area contributed by atoms with Crippen molar-refractivity contribution >= 4 is 27.0 Å². The highest BCUT2D eigenvalue weighted by Gasteiger charge is 2.18. The first-order valence-electron chi connectivity index (χ1n) is 8.73. The minimum Gasteiger partial charge on any atom is -0.481 e. The summed E-state index contributed by atoms with van der Waals surface area (Å²) >= 11 is 0. The van der Waals surface area contributed by atoms with Crippen molar-refractivity contribution in [3.63, 3.8) is 0 Å². The van der Waals surface area contributed by atoms with Crippen LogP contribution in [0.3, 0.4) is 0 Å². The Bertz CT molecular complexity index is 1310. The number of halogens is 1. The molecule has 0 radical (unpaired) electrons. The molecule has 0 amide bonds. The molecule has 0 saturated heterocycles. The maximum absolute atomic E-state index is 14.8. The molecule has 1 aromatic carbocycles. The van der Waals surface area contributed by atoms with Crippen LogP contribution < -0.4 is 19.8 Å². The lowest BCUT2D eigenvalue weighted by molar-refractivity contribution is 0.370. The van der Waals surface area contributed by atoms with Crippen molar-refractivity contribution in [2.75, 3.05) is 18.4 Å². The van der Waals surface area contributed by atoms with Gasteiger partial charge in [0.05, 0.1) is 0 Å². The van der Waals surface area contributed by atoms with Gasteiger partial charge in [-0.2, -0.15) is 8.42 Å². The predicted octanol–water partition coefficient (Wildman–Crippen LogP) is 2.11. The number of rotatable bonds is 7. The molecule has 2 aromatic heterocycles. The van der Waals surface area contributed by atoms with Gasteiger partial charge in [0.2, 0.25) is 0 Å². The van der Waals surface area contributed by atoms with E-state index in [4.69, 9.17) is 15.6 Å². The molecule has 0 bridgehead atoms. The Balaban J connectivity index is 2.00. The van der Waals surface area contributed by atoms with Crippen LogP contribution in [0.1, 0.15) is 16.7 Å². The lowest BCUT2D eigenvalue weighted by atomic mass is 10.00. The molecule has 3 aromatic rings. The fourth-order valence-electron chi connectivity index (χ4n) is 2.85. The number of hydrogen-bond donors (Lipinski definition) is 2. The Morgan fingerprint density at radius 3 is 2.80 bits per heavy atom. The standard InChI is InChI=1S/C20H18FN3O5S/c1-4-9-28-14-5-6-15-12(2)16(20(25)29-17(15)11-14)10-13-7-8-23-19(18(13)21)24-30(26,27)22-3/h1,5-8,11,22H,9-10H2,2-3H3,(H,23,24). The number of nitrogens with zero attached hydrogens (tertiary/aromatic N) is 1. The summed E-state index contributed by atoms with van der Waals surface area (Å²) in [5, 5.41) is 0.656. The summed E-state index contributed by atoms with van der Waals surface area (Å²) in [6, 6.07) is 6.33. The van der Waals surface area contributed by atoms with Gasteiger partial charge in [0, 0.05) is 36.7 Å². The molecule has 0 saturated carbocycles. The fourth-order valence-corrected chi connectivity index (χ4v) is 3.35.